The van der Waals surface area contributed by atoms with Crippen molar-refractivity contribution in [3.05, 3.63) is 56.2 Å². The highest BCUT2D eigenvalue weighted by atomic mass is 35.5. The minimum Gasteiger partial charge on any atom is -0.351 e. The highest BCUT2D eigenvalue weighted by molar-refractivity contribution is 7.10. The molecule has 0 spiro atoms. The van der Waals surface area contributed by atoms with E-state index in [1.165, 1.54) is 17.7 Å². The van der Waals surface area contributed by atoms with Crippen molar-refractivity contribution in [1.29, 1.82) is 0 Å². The van der Waals surface area contributed by atoms with Crippen molar-refractivity contribution < 1.29 is 4.79 Å². The van der Waals surface area contributed by atoms with Gasteiger partial charge in [-0.15, -0.1) is 11.3 Å². The summed E-state index contributed by atoms with van der Waals surface area (Å²) in [5.41, 5.74) is 0.431. The Balaban J connectivity index is 1.42. The number of carbonyl (C=O) groups is 1. The Labute approximate surface area is 156 Å². The molecule has 128 valence electrons. The van der Waals surface area contributed by atoms with Gasteiger partial charge in [-0.25, -0.2) is 0 Å². The van der Waals surface area contributed by atoms with E-state index in [-0.39, 0.29) is 5.91 Å². The molecule has 1 aliphatic heterocycles. The Morgan fingerprint density at radius 3 is 2.75 bits per heavy atom. The van der Waals surface area contributed by atoms with E-state index in [9.17, 15) is 4.79 Å². The molecule has 1 aromatic carbocycles. The smallest absolute Gasteiger partial charge is 0.252 e. The van der Waals surface area contributed by atoms with Gasteiger partial charge >= 0.3 is 0 Å². The van der Waals surface area contributed by atoms with Crippen molar-refractivity contribution in [2.75, 3.05) is 26.2 Å². The maximum Gasteiger partial charge on any atom is 0.252 e. The van der Waals surface area contributed by atoms with Crippen molar-refractivity contribution in [3.63, 3.8) is 0 Å². The summed E-state index contributed by atoms with van der Waals surface area (Å²) in [6, 6.07) is 9.29. The number of halogens is 2. The number of likely N-dealkylation sites (tertiary alicyclic amines) is 1. The van der Waals surface area contributed by atoms with E-state index in [0.717, 1.165) is 19.6 Å². The van der Waals surface area contributed by atoms with Crippen LogP contribution in [0, 0.1) is 0 Å². The topological polar surface area (TPSA) is 32.3 Å². The van der Waals surface area contributed by atoms with Crippen molar-refractivity contribution in [3.8, 4) is 0 Å². The molecule has 0 unspecified atom stereocenters. The summed E-state index contributed by atoms with van der Waals surface area (Å²) in [5, 5.41) is 6.02. The number of nitrogens with one attached hydrogen (secondary N) is 1. The molecule has 1 amide bonds. The summed E-state index contributed by atoms with van der Waals surface area (Å²) in [4.78, 5) is 16.1. The maximum atomic E-state index is 12.2. The summed E-state index contributed by atoms with van der Waals surface area (Å²) in [7, 11) is 0. The molecule has 3 nitrogen and oxygen atoms in total. The minimum atomic E-state index is -0.170. The third-order valence-corrected chi connectivity index (χ3v) is 6.02. The van der Waals surface area contributed by atoms with Gasteiger partial charge in [-0.3, -0.25) is 4.79 Å². The third-order valence-electron chi connectivity index (χ3n) is 4.42. The molecule has 2 aromatic rings. The van der Waals surface area contributed by atoms with Crippen LogP contribution in [-0.4, -0.2) is 37.0 Å². The largest absolute Gasteiger partial charge is 0.351 e. The highest BCUT2D eigenvalue weighted by Crippen LogP contribution is 2.30. The summed E-state index contributed by atoms with van der Waals surface area (Å²) in [6.45, 7) is 3.64. The summed E-state index contributed by atoms with van der Waals surface area (Å²) >= 11 is 13.8. The van der Waals surface area contributed by atoms with Crippen LogP contribution >= 0.6 is 34.5 Å². The zero-order chi connectivity index (χ0) is 16.9. The lowest BCUT2D eigenvalue weighted by Crippen LogP contribution is -2.39. The molecule has 1 fully saturated rings. The molecule has 2 heterocycles. The number of nitrogens with zero attached hydrogens (tertiary/aromatic N) is 1. The van der Waals surface area contributed by atoms with Gasteiger partial charge in [0.15, 0.2) is 0 Å². The zero-order valence-corrected chi connectivity index (χ0v) is 15.6. The second-order valence-electron chi connectivity index (χ2n) is 6.01. The van der Waals surface area contributed by atoms with Crippen molar-refractivity contribution >= 4 is 40.4 Å². The van der Waals surface area contributed by atoms with Gasteiger partial charge in [-0.05, 0) is 61.5 Å². The molecular weight excluding hydrogens is 363 g/mol. The van der Waals surface area contributed by atoms with E-state index < -0.39 is 0 Å². The van der Waals surface area contributed by atoms with Gasteiger partial charge in [0, 0.05) is 23.0 Å². The Morgan fingerprint density at radius 1 is 1.25 bits per heavy atom. The van der Waals surface area contributed by atoms with Crippen molar-refractivity contribution in [1.82, 2.24) is 10.2 Å². The van der Waals surface area contributed by atoms with E-state index >= 15 is 0 Å². The fraction of sp³-hybridized carbons (Fsp3) is 0.389. The van der Waals surface area contributed by atoms with Crippen LogP contribution in [0.15, 0.2) is 35.7 Å². The molecule has 0 saturated carbocycles. The summed E-state index contributed by atoms with van der Waals surface area (Å²) < 4.78 is 0. The van der Waals surface area contributed by atoms with Gasteiger partial charge in [0.1, 0.15) is 0 Å². The number of amides is 1. The molecule has 1 aliphatic rings. The monoisotopic (exact) mass is 382 g/mol. The summed E-state index contributed by atoms with van der Waals surface area (Å²) in [5.74, 6) is 0.525. The Bertz CT molecular complexity index is 682. The van der Waals surface area contributed by atoms with E-state index in [4.69, 9.17) is 23.2 Å². The van der Waals surface area contributed by atoms with E-state index in [2.05, 4.69) is 27.7 Å². The molecule has 0 radical (unpaired) electrons. The third kappa shape index (κ3) is 4.51. The quantitative estimate of drug-likeness (QED) is 0.814. The molecule has 0 aliphatic carbocycles. The van der Waals surface area contributed by atoms with Crippen LogP contribution < -0.4 is 5.32 Å². The van der Waals surface area contributed by atoms with Crippen LogP contribution in [0.4, 0.5) is 0 Å². The minimum absolute atomic E-state index is 0.170. The average molecular weight is 383 g/mol. The molecule has 6 heteroatoms. The predicted molar refractivity (Wildman–Crippen MR) is 102 cm³/mol. The van der Waals surface area contributed by atoms with Gasteiger partial charge in [0.05, 0.1) is 10.6 Å². The van der Waals surface area contributed by atoms with Gasteiger partial charge < -0.3 is 10.2 Å². The maximum absolute atomic E-state index is 12.2. The first-order valence-corrected chi connectivity index (χ1v) is 9.76. The number of rotatable bonds is 5. The zero-order valence-electron chi connectivity index (χ0n) is 13.3. The second-order valence-corrected chi connectivity index (χ2v) is 7.83. The molecule has 0 atom stereocenters. The molecule has 1 N–H and O–H groups in total. The number of benzene rings is 1. The van der Waals surface area contributed by atoms with E-state index in [0.29, 0.717) is 28.1 Å². The van der Waals surface area contributed by atoms with Crippen LogP contribution in [0.3, 0.4) is 0 Å². The molecule has 0 bridgehead atoms. The Kier molecular flexibility index (Phi) is 6.17. The predicted octanol–water partition coefficient (Wildman–Crippen LogP) is 4.66. The lowest BCUT2D eigenvalue weighted by Gasteiger charge is -2.31. The second kappa shape index (κ2) is 8.34. The summed E-state index contributed by atoms with van der Waals surface area (Å²) in [6.07, 6.45) is 2.38. The van der Waals surface area contributed by atoms with Crippen LogP contribution in [0.1, 0.15) is 34.0 Å². The lowest BCUT2D eigenvalue weighted by molar-refractivity contribution is 0.0946. The Morgan fingerprint density at radius 2 is 2.04 bits per heavy atom. The first-order valence-electron chi connectivity index (χ1n) is 8.12. The van der Waals surface area contributed by atoms with Gasteiger partial charge in [-0.1, -0.05) is 29.3 Å². The van der Waals surface area contributed by atoms with E-state index in [1.54, 1.807) is 18.2 Å². The normalized spacial score (nSPS) is 16.2. The number of piperidine rings is 1. The molecule has 1 saturated heterocycles. The van der Waals surface area contributed by atoms with Crippen LogP contribution in [0.5, 0.6) is 0 Å². The number of hydrogen-bond donors (Lipinski definition) is 1. The SMILES string of the molecule is O=C(NCCN1CCC(c2cccs2)CC1)c1cc(Cl)ccc1Cl. The molecular formula is C18H20Cl2N2OS. The van der Waals surface area contributed by atoms with Gasteiger partial charge in [0.2, 0.25) is 0 Å². The van der Waals surface area contributed by atoms with Crippen LogP contribution in [0.25, 0.3) is 0 Å². The highest BCUT2D eigenvalue weighted by Gasteiger charge is 2.21. The number of carbonyl (C=O) groups excluding carboxylic acids is 1. The Hall–Kier alpha value is -1.07. The average Bonchev–Trinajstić information content (AvgIpc) is 3.12. The number of hydrogen-bond acceptors (Lipinski definition) is 3. The lowest BCUT2D eigenvalue weighted by atomic mass is 9.95. The van der Waals surface area contributed by atoms with Gasteiger partial charge in [-0.2, -0.15) is 0 Å². The van der Waals surface area contributed by atoms with Crippen LogP contribution in [0.2, 0.25) is 10.0 Å². The van der Waals surface area contributed by atoms with E-state index in [1.807, 2.05) is 11.3 Å². The van der Waals surface area contributed by atoms with Crippen molar-refractivity contribution in [2.24, 2.45) is 0 Å². The van der Waals surface area contributed by atoms with Crippen LogP contribution in [-0.2, 0) is 0 Å². The fourth-order valence-corrected chi connectivity index (χ4v) is 4.33. The molecule has 1 aromatic heterocycles. The van der Waals surface area contributed by atoms with Crippen molar-refractivity contribution in [2.45, 2.75) is 18.8 Å². The molecule has 24 heavy (non-hydrogen) atoms. The first-order chi connectivity index (χ1) is 11.6. The number of thiophene rings is 1. The first kappa shape index (κ1) is 17.7. The van der Waals surface area contributed by atoms with Gasteiger partial charge in [0.25, 0.3) is 5.91 Å². The molecule has 3 rings (SSSR count). The standard InChI is InChI=1S/C18H20Cl2N2OS/c19-14-3-4-16(20)15(12-14)18(23)21-7-10-22-8-5-13(6-9-22)17-2-1-11-24-17/h1-4,11-13H,5-10H2,(H,21,23). The fourth-order valence-electron chi connectivity index (χ4n) is 3.06.